The zero-order chi connectivity index (χ0) is 15.1. The van der Waals surface area contributed by atoms with Crippen molar-refractivity contribution in [1.29, 1.82) is 0 Å². The molecule has 1 aliphatic heterocycles. The van der Waals surface area contributed by atoms with Gasteiger partial charge in [0.15, 0.2) is 0 Å². The Morgan fingerprint density at radius 3 is 2.62 bits per heavy atom. The number of hydrogen-bond donors (Lipinski definition) is 1. The van der Waals surface area contributed by atoms with Gasteiger partial charge in [0.1, 0.15) is 5.75 Å². The fraction of sp³-hybridized carbons (Fsp3) is 0.562. The number of benzene rings is 1. The second-order valence-electron chi connectivity index (χ2n) is 5.14. The van der Waals surface area contributed by atoms with Gasteiger partial charge in [0, 0.05) is 39.3 Å². The van der Waals surface area contributed by atoms with E-state index in [0.29, 0.717) is 17.9 Å². The standard InChI is InChI=1S/C16H24N2O3/c1-2-21-15-7-4-3-6-14(15)16(20)18-11-9-17(10-12-18)8-5-13-19/h3-4,6-7,19H,2,5,8-13H2,1H3. The van der Waals surface area contributed by atoms with Crippen LogP contribution < -0.4 is 4.74 Å². The van der Waals surface area contributed by atoms with Crippen LogP contribution in [0.4, 0.5) is 0 Å². The van der Waals surface area contributed by atoms with E-state index in [0.717, 1.165) is 39.1 Å². The van der Waals surface area contributed by atoms with Crippen molar-refractivity contribution in [2.45, 2.75) is 13.3 Å². The highest BCUT2D eigenvalue weighted by Gasteiger charge is 2.23. The van der Waals surface area contributed by atoms with Gasteiger partial charge >= 0.3 is 0 Å². The van der Waals surface area contributed by atoms with E-state index in [4.69, 9.17) is 9.84 Å². The molecule has 21 heavy (non-hydrogen) atoms. The molecule has 0 aliphatic carbocycles. The second kappa shape index (κ2) is 8.00. The monoisotopic (exact) mass is 292 g/mol. The summed E-state index contributed by atoms with van der Waals surface area (Å²) in [7, 11) is 0. The molecule has 1 amide bonds. The molecule has 1 fully saturated rings. The molecule has 1 heterocycles. The summed E-state index contributed by atoms with van der Waals surface area (Å²) in [5.74, 6) is 0.702. The van der Waals surface area contributed by atoms with Crippen LogP contribution >= 0.6 is 0 Å². The van der Waals surface area contributed by atoms with Crippen LogP contribution in [-0.2, 0) is 0 Å². The number of aliphatic hydroxyl groups is 1. The van der Waals surface area contributed by atoms with Crippen LogP contribution in [0.15, 0.2) is 24.3 Å². The van der Waals surface area contributed by atoms with Crippen molar-refractivity contribution >= 4 is 5.91 Å². The van der Waals surface area contributed by atoms with E-state index in [9.17, 15) is 4.79 Å². The smallest absolute Gasteiger partial charge is 0.257 e. The molecule has 5 heteroatoms. The first kappa shape index (κ1) is 15.8. The van der Waals surface area contributed by atoms with Crippen LogP contribution in [-0.4, -0.2) is 66.8 Å². The van der Waals surface area contributed by atoms with E-state index < -0.39 is 0 Å². The first-order valence-corrected chi connectivity index (χ1v) is 7.60. The number of carbonyl (C=O) groups is 1. The number of hydrogen-bond acceptors (Lipinski definition) is 4. The SMILES string of the molecule is CCOc1ccccc1C(=O)N1CCN(CCCO)CC1. The van der Waals surface area contributed by atoms with E-state index >= 15 is 0 Å². The van der Waals surface area contributed by atoms with E-state index in [1.165, 1.54) is 0 Å². The molecule has 1 saturated heterocycles. The maximum absolute atomic E-state index is 12.6. The molecule has 1 N–H and O–H groups in total. The van der Waals surface area contributed by atoms with E-state index in [1.54, 1.807) is 0 Å². The molecule has 0 saturated carbocycles. The average molecular weight is 292 g/mol. The lowest BCUT2D eigenvalue weighted by molar-refractivity contribution is 0.0625. The van der Waals surface area contributed by atoms with Crippen molar-refractivity contribution in [1.82, 2.24) is 9.80 Å². The quantitative estimate of drug-likeness (QED) is 0.857. The third kappa shape index (κ3) is 4.19. The summed E-state index contributed by atoms with van der Waals surface area (Å²) >= 11 is 0. The number of aliphatic hydroxyl groups excluding tert-OH is 1. The number of rotatable bonds is 6. The highest BCUT2D eigenvalue weighted by Crippen LogP contribution is 2.20. The number of para-hydroxylation sites is 1. The summed E-state index contributed by atoms with van der Waals surface area (Å²) in [5, 5.41) is 8.86. The second-order valence-corrected chi connectivity index (χ2v) is 5.14. The summed E-state index contributed by atoms with van der Waals surface area (Å²) in [5.41, 5.74) is 0.642. The number of nitrogens with zero attached hydrogens (tertiary/aromatic N) is 2. The Bertz CT molecular complexity index is 457. The molecule has 1 aromatic rings. The van der Waals surface area contributed by atoms with Crippen molar-refractivity contribution < 1.29 is 14.6 Å². The third-order valence-corrected chi connectivity index (χ3v) is 3.71. The Labute approximate surface area is 126 Å². The summed E-state index contributed by atoms with van der Waals surface area (Å²) in [6.45, 7) is 6.77. The van der Waals surface area contributed by atoms with Gasteiger partial charge < -0.3 is 14.7 Å². The Hall–Kier alpha value is -1.59. The van der Waals surface area contributed by atoms with Crippen LogP contribution in [0.5, 0.6) is 5.75 Å². The maximum atomic E-state index is 12.6. The van der Waals surface area contributed by atoms with Crippen LogP contribution in [0.2, 0.25) is 0 Å². The molecular formula is C16H24N2O3. The predicted molar refractivity (Wildman–Crippen MR) is 81.7 cm³/mol. The molecular weight excluding hydrogens is 268 g/mol. The lowest BCUT2D eigenvalue weighted by atomic mass is 10.1. The number of ether oxygens (including phenoxy) is 1. The molecule has 116 valence electrons. The normalized spacial score (nSPS) is 16.0. The van der Waals surface area contributed by atoms with Gasteiger partial charge in [0.05, 0.1) is 12.2 Å². The molecule has 1 aliphatic rings. The summed E-state index contributed by atoms with van der Waals surface area (Å²) in [4.78, 5) is 16.8. The number of piperazine rings is 1. The Morgan fingerprint density at radius 2 is 1.95 bits per heavy atom. The van der Waals surface area contributed by atoms with Gasteiger partial charge in [0.25, 0.3) is 5.91 Å². The maximum Gasteiger partial charge on any atom is 0.257 e. The average Bonchev–Trinajstić information content (AvgIpc) is 2.53. The molecule has 0 bridgehead atoms. The van der Waals surface area contributed by atoms with Crippen LogP contribution in [0.1, 0.15) is 23.7 Å². The Morgan fingerprint density at radius 1 is 1.24 bits per heavy atom. The van der Waals surface area contributed by atoms with Gasteiger partial charge in [-0.2, -0.15) is 0 Å². The van der Waals surface area contributed by atoms with Crippen LogP contribution in [0, 0.1) is 0 Å². The molecule has 0 atom stereocenters. The van der Waals surface area contributed by atoms with Crippen molar-refractivity contribution in [2.75, 3.05) is 45.9 Å². The topological polar surface area (TPSA) is 53.0 Å². The van der Waals surface area contributed by atoms with Gasteiger partial charge in [-0.1, -0.05) is 12.1 Å². The van der Waals surface area contributed by atoms with E-state index in [1.807, 2.05) is 36.1 Å². The number of carbonyl (C=O) groups excluding carboxylic acids is 1. The van der Waals surface area contributed by atoms with Crippen molar-refractivity contribution in [3.8, 4) is 5.75 Å². The van der Waals surface area contributed by atoms with Crippen molar-refractivity contribution in [3.63, 3.8) is 0 Å². The summed E-state index contributed by atoms with van der Waals surface area (Å²) < 4.78 is 5.54. The van der Waals surface area contributed by atoms with E-state index in [-0.39, 0.29) is 12.5 Å². The Balaban J connectivity index is 1.96. The largest absolute Gasteiger partial charge is 0.493 e. The predicted octanol–water partition coefficient (Wildman–Crippen LogP) is 1.23. The van der Waals surface area contributed by atoms with Gasteiger partial charge in [-0.15, -0.1) is 0 Å². The summed E-state index contributed by atoms with van der Waals surface area (Å²) in [6, 6.07) is 7.42. The fourth-order valence-electron chi connectivity index (χ4n) is 2.56. The minimum atomic E-state index is 0.0425. The van der Waals surface area contributed by atoms with Gasteiger partial charge in [-0.25, -0.2) is 0 Å². The number of amides is 1. The van der Waals surface area contributed by atoms with Crippen molar-refractivity contribution in [3.05, 3.63) is 29.8 Å². The van der Waals surface area contributed by atoms with Gasteiger partial charge in [-0.05, 0) is 25.5 Å². The molecule has 2 rings (SSSR count). The highest BCUT2D eigenvalue weighted by atomic mass is 16.5. The molecule has 0 unspecified atom stereocenters. The first-order chi connectivity index (χ1) is 10.3. The van der Waals surface area contributed by atoms with E-state index in [2.05, 4.69) is 4.90 Å². The molecule has 5 nitrogen and oxygen atoms in total. The minimum Gasteiger partial charge on any atom is -0.493 e. The Kier molecular flexibility index (Phi) is 6.02. The zero-order valence-electron chi connectivity index (χ0n) is 12.6. The van der Waals surface area contributed by atoms with Crippen LogP contribution in [0.3, 0.4) is 0 Å². The molecule has 0 radical (unpaired) electrons. The summed E-state index contributed by atoms with van der Waals surface area (Å²) in [6.07, 6.45) is 0.793. The zero-order valence-corrected chi connectivity index (χ0v) is 12.6. The van der Waals surface area contributed by atoms with Crippen LogP contribution in [0.25, 0.3) is 0 Å². The molecule has 1 aromatic carbocycles. The highest BCUT2D eigenvalue weighted by molar-refractivity contribution is 5.97. The minimum absolute atomic E-state index is 0.0425. The van der Waals surface area contributed by atoms with Gasteiger partial charge in [0.2, 0.25) is 0 Å². The fourth-order valence-corrected chi connectivity index (χ4v) is 2.56. The lowest BCUT2D eigenvalue weighted by Gasteiger charge is -2.34. The third-order valence-electron chi connectivity index (χ3n) is 3.71. The van der Waals surface area contributed by atoms with Gasteiger partial charge in [-0.3, -0.25) is 9.69 Å². The first-order valence-electron chi connectivity index (χ1n) is 7.60. The molecule has 0 spiro atoms. The van der Waals surface area contributed by atoms with Crippen molar-refractivity contribution in [2.24, 2.45) is 0 Å². The molecule has 0 aromatic heterocycles. The lowest BCUT2D eigenvalue weighted by Crippen LogP contribution is -2.49.